The number of carbonyl (C=O) groups is 2. The maximum atomic E-state index is 13.4. The van der Waals surface area contributed by atoms with Gasteiger partial charge in [0.2, 0.25) is 0 Å². The van der Waals surface area contributed by atoms with Crippen LogP contribution in [0.15, 0.2) is 42.0 Å². The molecule has 0 saturated carbocycles. The Morgan fingerprint density at radius 3 is 2.47 bits per heavy atom. The molecule has 0 radical (unpaired) electrons. The zero-order valence-electron chi connectivity index (χ0n) is 19.3. The van der Waals surface area contributed by atoms with E-state index in [1.54, 1.807) is 19.2 Å². The molecular formula is C25H23Cl2N3O3S. The quantitative estimate of drug-likeness (QED) is 0.333. The van der Waals surface area contributed by atoms with Crippen LogP contribution in [0.5, 0.6) is 5.75 Å². The second-order valence-electron chi connectivity index (χ2n) is 8.71. The number of nitrogens with one attached hydrogen (secondary N) is 1. The van der Waals surface area contributed by atoms with Crippen LogP contribution in [-0.2, 0) is 9.59 Å². The van der Waals surface area contributed by atoms with Crippen molar-refractivity contribution in [2.24, 2.45) is 0 Å². The number of fused-ring (bicyclic) bond motifs is 1. The molecule has 0 bridgehead atoms. The first kappa shape index (κ1) is 24.3. The Kier molecular flexibility index (Phi) is 6.23. The number of allylic oxidation sites excluding steroid dienone is 1. The highest BCUT2D eigenvalue weighted by molar-refractivity contribution is 7.80. The third kappa shape index (κ3) is 4.08. The van der Waals surface area contributed by atoms with Gasteiger partial charge < -0.3 is 9.64 Å². The summed E-state index contributed by atoms with van der Waals surface area (Å²) < 4.78 is 5.63. The van der Waals surface area contributed by atoms with Gasteiger partial charge in [-0.1, -0.05) is 29.3 Å². The van der Waals surface area contributed by atoms with Gasteiger partial charge in [-0.25, -0.2) is 0 Å². The Balaban J connectivity index is 1.82. The van der Waals surface area contributed by atoms with Gasteiger partial charge >= 0.3 is 0 Å². The number of rotatable bonds is 3. The molecule has 2 aromatic carbocycles. The lowest BCUT2D eigenvalue weighted by molar-refractivity contribution is -0.122. The van der Waals surface area contributed by atoms with Gasteiger partial charge in [-0.3, -0.25) is 19.8 Å². The monoisotopic (exact) mass is 515 g/mol. The Morgan fingerprint density at radius 2 is 1.82 bits per heavy atom. The summed E-state index contributed by atoms with van der Waals surface area (Å²) in [6.07, 6.45) is 3.71. The highest BCUT2D eigenvalue weighted by Gasteiger charge is 2.35. The number of carbonyl (C=O) groups excluding carboxylic acids is 2. The van der Waals surface area contributed by atoms with E-state index in [1.165, 1.54) is 17.0 Å². The van der Waals surface area contributed by atoms with E-state index in [-0.39, 0.29) is 21.2 Å². The molecule has 0 aromatic heterocycles. The summed E-state index contributed by atoms with van der Waals surface area (Å²) >= 11 is 17.4. The maximum absolute atomic E-state index is 13.4. The van der Waals surface area contributed by atoms with E-state index in [0.717, 1.165) is 16.8 Å². The molecule has 0 atom stereocenters. The molecule has 34 heavy (non-hydrogen) atoms. The summed E-state index contributed by atoms with van der Waals surface area (Å²) in [6, 6.07) is 8.55. The van der Waals surface area contributed by atoms with Crippen molar-refractivity contribution in [2.45, 2.75) is 26.3 Å². The standard InChI is InChI=1S/C25H23Cl2N3O3S/c1-13-12-25(2,3)29(4)20-11-21(33-5)14(8-16(13)20)9-17-22(31)28-24(34)30(23(17)32)15-6-7-18(26)19(27)10-15/h6-12H,1-5H3,(H,28,31,34)/b17-9-. The van der Waals surface area contributed by atoms with Crippen LogP contribution in [0.4, 0.5) is 11.4 Å². The molecule has 2 amide bonds. The first-order valence-electron chi connectivity index (χ1n) is 10.5. The molecule has 1 saturated heterocycles. The molecule has 1 N–H and O–H groups in total. The molecule has 4 rings (SSSR count). The number of nitrogens with zero attached hydrogens (tertiary/aromatic N) is 2. The van der Waals surface area contributed by atoms with Crippen LogP contribution in [0.25, 0.3) is 11.6 Å². The number of anilines is 2. The number of benzene rings is 2. The van der Waals surface area contributed by atoms with Crippen LogP contribution in [0.3, 0.4) is 0 Å². The highest BCUT2D eigenvalue weighted by Crippen LogP contribution is 2.42. The van der Waals surface area contributed by atoms with Gasteiger partial charge in [-0.05, 0) is 68.9 Å². The number of thiocarbonyl (C=S) groups is 1. The molecule has 0 unspecified atom stereocenters. The number of hydrogen-bond acceptors (Lipinski definition) is 5. The Bertz CT molecular complexity index is 1320. The van der Waals surface area contributed by atoms with Crippen LogP contribution in [0.2, 0.25) is 10.0 Å². The molecule has 2 heterocycles. The van der Waals surface area contributed by atoms with Crippen molar-refractivity contribution in [3.8, 4) is 5.75 Å². The normalized spacial score (nSPS) is 18.6. The van der Waals surface area contributed by atoms with Gasteiger partial charge in [-0.15, -0.1) is 0 Å². The van der Waals surface area contributed by atoms with Crippen molar-refractivity contribution < 1.29 is 14.3 Å². The van der Waals surface area contributed by atoms with Gasteiger partial charge in [0.25, 0.3) is 11.8 Å². The number of methoxy groups -OCH3 is 1. The fourth-order valence-electron chi connectivity index (χ4n) is 4.16. The van der Waals surface area contributed by atoms with Crippen LogP contribution in [-0.4, -0.2) is 36.6 Å². The van der Waals surface area contributed by atoms with E-state index in [1.807, 2.05) is 26.1 Å². The smallest absolute Gasteiger partial charge is 0.270 e. The SMILES string of the molecule is COc1cc2c(cc1/C=C1/C(=O)NC(=S)N(c3ccc(Cl)c(Cl)c3)C1=O)C(C)=CC(C)(C)N2C. The van der Waals surface area contributed by atoms with Crippen molar-refractivity contribution in [3.05, 3.63) is 63.2 Å². The van der Waals surface area contributed by atoms with Crippen molar-refractivity contribution in [3.63, 3.8) is 0 Å². The van der Waals surface area contributed by atoms with E-state index in [4.69, 9.17) is 40.2 Å². The summed E-state index contributed by atoms with van der Waals surface area (Å²) in [5, 5.41) is 3.16. The molecule has 0 spiro atoms. The number of halogens is 2. The average molecular weight is 516 g/mol. The molecule has 2 aliphatic rings. The van der Waals surface area contributed by atoms with E-state index in [2.05, 4.69) is 30.1 Å². The largest absolute Gasteiger partial charge is 0.496 e. The second-order valence-corrected chi connectivity index (χ2v) is 9.91. The molecule has 9 heteroatoms. The van der Waals surface area contributed by atoms with Crippen LogP contribution in [0, 0.1) is 0 Å². The van der Waals surface area contributed by atoms with Crippen LogP contribution < -0.4 is 19.9 Å². The number of ether oxygens (including phenoxy) is 1. The number of hydrogen-bond donors (Lipinski definition) is 1. The third-order valence-electron chi connectivity index (χ3n) is 6.13. The van der Waals surface area contributed by atoms with E-state index in [9.17, 15) is 9.59 Å². The summed E-state index contributed by atoms with van der Waals surface area (Å²) in [7, 11) is 3.58. The highest BCUT2D eigenvalue weighted by atomic mass is 35.5. The van der Waals surface area contributed by atoms with Gasteiger partial charge in [0.1, 0.15) is 11.3 Å². The minimum Gasteiger partial charge on any atom is -0.496 e. The second kappa shape index (κ2) is 8.73. The summed E-state index contributed by atoms with van der Waals surface area (Å²) in [6.45, 7) is 6.31. The zero-order chi connectivity index (χ0) is 24.9. The summed E-state index contributed by atoms with van der Waals surface area (Å²) in [5.74, 6) is -0.618. The predicted molar refractivity (Wildman–Crippen MR) is 142 cm³/mol. The first-order chi connectivity index (χ1) is 15.9. The lowest BCUT2D eigenvalue weighted by atomic mass is 9.88. The van der Waals surface area contributed by atoms with Crippen molar-refractivity contribution >= 4 is 75.4 Å². The first-order valence-corrected chi connectivity index (χ1v) is 11.6. The topological polar surface area (TPSA) is 61.9 Å². The zero-order valence-corrected chi connectivity index (χ0v) is 21.7. The van der Waals surface area contributed by atoms with E-state index in [0.29, 0.717) is 22.0 Å². The van der Waals surface area contributed by atoms with Gasteiger partial charge in [0.05, 0.1) is 28.4 Å². The lowest BCUT2D eigenvalue weighted by Crippen LogP contribution is -2.54. The molecule has 6 nitrogen and oxygen atoms in total. The lowest BCUT2D eigenvalue weighted by Gasteiger charge is -2.41. The van der Waals surface area contributed by atoms with E-state index < -0.39 is 11.8 Å². The molecule has 0 aliphatic carbocycles. The Labute approximate surface area is 213 Å². The van der Waals surface area contributed by atoms with Crippen LogP contribution in [0.1, 0.15) is 31.9 Å². The minimum atomic E-state index is -0.586. The predicted octanol–water partition coefficient (Wildman–Crippen LogP) is 5.47. The molecular weight excluding hydrogens is 493 g/mol. The van der Waals surface area contributed by atoms with Crippen molar-refractivity contribution in [1.82, 2.24) is 5.32 Å². The minimum absolute atomic E-state index is 0.0365. The summed E-state index contributed by atoms with van der Waals surface area (Å²) in [4.78, 5) is 29.6. The van der Waals surface area contributed by atoms with Crippen molar-refractivity contribution in [1.29, 1.82) is 0 Å². The third-order valence-corrected chi connectivity index (χ3v) is 7.15. The fraction of sp³-hybridized carbons (Fsp3) is 0.240. The average Bonchev–Trinajstić information content (AvgIpc) is 2.76. The number of likely N-dealkylation sites (N-methyl/N-ethyl adjacent to an activating group) is 1. The van der Waals surface area contributed by atoms with Gasteiger partial charge in [0.15, 0.2) is 5.11 Å². The van der Waals surface area contributed by atoms with Crippen LogP contribution >= 0.6 is 35.4 Å². The van der Waals surface area contributed by atoms with E-state index >= 15 is 0 Å². The fourth-order valence-corrected chi connectivity index (χ4v) is 4.73. The van der Waals surface area contributed by atoms with Crippen molar-refractivity contribution in [2.75, 3.05) is 24.0 Å². The molecule has 2 aromatic rings. The Hall–Kier alpha value is -2.87. The summed E-state index contributed by atoms with van der Waals surface area (Å²) in [5.41, 5.74) is 3.84. The van der Waals surface area contributed by atoms with Gasteiger partial charge in [0, 0.05) is 29.9 Å². The number of amides is 2. The molecule has 1 fully saturated rings. The molecule has 2 aliphatic heterocycles. The maximum Gasteiger partial charge on any atom is 0.270 e. The molecule has 176 valence electrons. The van der Waals surface area contributed by atoms with Gasteiger partial charge in [-0.2, -0.15) is 0 Å². The Morgan fingerprint density at radius 1 is 1.12 bits per heavy atom.